The Balaban J connectivity index is 1.62. The lowest BCUT2D eigenvalue weighted by Gasteiger charge is -2.32. The van der Waals surface area contributed by atoms with E-state index in [1.54, 1.807) is 0 Å². The minimum absolute atomic E-state index is 0.0252. The molecule has 1 aliphatic rings. The van der Waals surface area contributed by atoms with E-state index in [0.717, 1.165) is 25.0 Å². The number of hydrogen-bond acceptors (Lipinski definition) is 4. The Morgan fingerprint density at radius 1 is 1.20 bits per heavy atom. The van der Waals surface area contributed by atoms with E-state index >= 15 is 0 Å². The minimum atomic E-state index is -1.11. The number of aromatic carboxylic acids is 1. The van der Waals surface area contributed by atoms with E-state index in [4.69, 9.17) is 9.84 Å². The number of aromatic nitrogens is 1. The van der Waals surface area contributed by atoms with Crippen LogP contribution in [0.4, 0.5) is 0 Å². The maximum absolute atomic E-state index is 12.3. The highest BCUT2D eigenvalue weighted by Gasteiger charge is 2.27. The normalized spacial score (nSPS) is 20.0. The van der Waals surface area contributed by atoms with Crippen LogP contribution in [0.25, 0.3) is 0 Å². The highest BCUT2D eigenvalue weighted by molar-refractivity contribution is 5.94. The summed E-state index contributed by atoms with van der Waals surface area (Å²) in [6.45, 7) is 1.23. The van der Waals surface area contributed by atoms with Crippen LogP contribution in [-0.2, 0) is 4.74 Å². The topological polar surface area (TPSA) is 88.5 Å². The molecule has 3 rings (SSSR count). The lowest BCUT2D eigenvalue weighted by molar-refractivity contribution is -0.0272. The summed E-state index contributed by atoms with van der Waals surface area (Å²) >= 11 is 0. The van der Waals surface area contributed by atoms with Crippen molar-refractivity contribution in [1.29, 1.82) is 0 Å². The monoisotopic (exact) mass is 340 g/mol. The van der Waals surface area contributed by atoms with Crippen LogP contribution in [0.3, 0.4) is 0 Å². The van der Waals surface area contributed by atoms with Gasteiger partial charge in [-0.25, -0.2) is 9.78 Å². The molecule has 1 saturated heterocycles. The van der Waals surface area contributed by atoms with Crippen LogP contribution in [0, 0.1) is 5.92 Å². The molecule has 0 aliphatic carbocycles. The van der Waals surface area contributed by atoms with Gasteiger partial charge in [0.25, 0.3) is 5.91 Å². The van der Waals surface area contributed by atoms with Crippen molar-refractivity contribution in [2.24, 2.45) is 5.92 Å². The number of hydrogen-bond donors (Lipinski definition) is 2. The van der Waals surface area contributed by atoms with Crippen molar-refractivity contribution < 1.29 is 19.4 Å². The quantitative estimate of drug-likeness (QED) is 0.873. The molecule has 0 bridgehead atoms. The Morgan fingerprint density at radius 2 is 2.00 bits per heavy atom. The van der Waals surface area contributed by atoms with Crippen molar-refractivity contribution in [3.05, 3.63) is 65.5 Å². The van der Waals surface area contributed by atoms with Gasteiger partial charge in [0.2, 0.25) is 0 Å². The summed E-state index contributed by atoms with van der Waals surface area (Å²) in [5.74, 6) is -1.18. The van der Waals surface area contributed by atoms with Gasteiger partial charge in [-0.3, -0.25) is 4.79 Å². The highest BCUT2D eigenvalue weighted by atomic mass is 16.5. The standard InChI is InChI=1S/C19H20N2O4/c22-18(15-8-9-16(19(23)24)20-12-15)21-11-14-7-4-10-25-17(14)13-5-2-1-3-6-13/h1-3,5-6,8-9,12,14,17H,4,7,10-11H2,(H,21,22)(H,23,24). The number of benzene rings is 1. The van der Waals surface area contributed by atoms with Gasteiger partial charge >= 0.3 is 5.97 Å². The van der Waals surface area contributed by atoms with E-state index in [1.807, 2.05) is 30.3 Å². The van der Waals surface area contributed by atoms with Gasteiger partial charge in [0.15, 0.2) is 0 Å². The number of rotatable bonds is 5. The van der Waals surface area contributed by atoms with Crippen LogP contribution in [0.1, 0.15) is 45.4 Å². The first-order valence-electron chi connectivity index (χ1n) is 8.29. The Hall–Kier alpha value is -2.73. The molecule has 6 heteroatoms. The second kappa shape index (κ2) is 7.90. The molecule has 2 heterocycles. The zero-order valence-corrected chi connectivity index (χ0v) is 13.7. The van der Waals surface area contributed by atoms with Gasteiger partial charge in [-0.15, -0.1) is 0 Å². The lowest BCUT2D eigenvalue weighted by atomic mass is 9.89. The molecule has 1 aromatic carbocycles. The molecular formula is C19H20N2O4. The fourth-order valence-corrected chi connectivity index (χ4v) is 3.04. The highest BCUT2D eigenvalue weighted by Crippen LogP contribution is 2.33. The molecular weight excluding hydrogens is 320 g/mol. The number of carboxylic acids is 1. The van der Waals surface area contributed by atoms with E-state index in [0.29, 0.717) is 12.1 Å². The van der Waals surface area contributed by atoms with E-state index < -0.39 is 5.97 Å². The Kier molecular flexibility index (Phi) is 5.40. The van der Waals surface area contributed by atoms with E-state index in [9.17, 15) is 9.59 Å². The summed E-state index contributed by atoms with van der Waals surface area (Å²) in [6, 6.07) is 12.8. The number of carbonyl (C=O) groups is 2. The zero-order chi connectivity index (χ0) is 17.6. The van der Waals surface area contributed by atoms with Crippen molar-refractivity contribution >= 4 is 11.9 Å². The maximum atomic E-state index is 12.3. The van der Waals surface area contributed by atoms with E-state index in [1.165, 1.54) is 18.3 Å². The second-order valence-corrected chi connectivity index (χ2v) is 6.05. The number of amides is 1. The first-order valence-corrected chi connectivity index (χ1v) is 8.29. The minimum Gasteiger partial charge on any atom is -0.477 e. The molecule has 25 heavy (non-hydrogen) atoms. The van der Waals surface area contributed by atoms with Crippen molar-refractivity contribution in [2.75, 3.05) is 13.2 Å². The van der Waals surface area contributed by atoms with Crippen LogP contribution in [0.2, 0.25) is 0 Å². The maximum Gasteiger partial charge on any atom is 0.354 e. The van der Waals surface area contributed by atoms with Gasteiger partial charge in [-0.05, 0) is 30.5 Å². The van der Waals surface area contributed by atoms with E-state index in [2.05, 4.69) is 10.3 Å². The average molecular weight is 340 g/mol. The van der Waals surface area contributed by atoms with Gasteiger partial charge in [0.05, 0.1) is 11.7 Å². The Morgan fingerprint density at radius 3 is 2.68 bits per heavy atom. The molecule has 1 fully saturated rings. The molecule has 0 saturated carbocycles. The third-order valence-corrected chi connectivity index (χ3v) is 4.34. The van der Waals surface area contributed by atoms with Crippen LogP contribution in [0.5, 0.6) is 0 Å². The largest absolute Gasteiger partial charge is 0.477 e. The fourth-order valence-electron chi connectivity index (χ4n) is 3.04. The van der Waals surface area contributed by atoms with Crippen LogP contribution in [0.15, 0.2) is 48.7 Å². The van der Waals surface area contributed by atoms with Gasteiger partial charge in [0.1, 0.15) is 5.69 Å². The molecule has 1 aromatic heterocycles. The molecule has 2 unspecified atom stereocenters. The predicted molar refractivity (Wildman–Crippen MR) is 91.4 cm³/mol. The van der Waals surface area contributed by atoms with Gasteiger partial charge < -0.3 is 15.2 Å². The Bertz CT molecular complexity index is 731. The SMILES string of the molecule is O=C(NCC1CCCOC1c1ccccc1)c1ccc(C(=O)O)nc1. The fraction of sp³-hybridized carbons (Fsp3) is 0.316. The number of nitrogens with one attached hydrogen (secondary N) is 1. The molecule has 2 N–H and O–H groups in total. The van der Waals surface area contributed by atoms with E-state index in [-0.39, 0.29) is 23.6 Å². The number of pyridine rings is 1. The van der Waals surface area contributed by atoms with Crippen molar-refractivity contribution in [1.82, 2.24) is 10.3 Å². The second-order valence-electron chi connectivity index (χ2n) is 6.05. The molecule has 2 atom stereocenters. The van der Waals surface area contributed by atoms with Crippen molar-refractivity contribution in [3.63, 3.8) is 0 Å². The van der Waals surface area contributed by atoms with Crippen molar-refractivity contribution in [3.8, 4) is 0 Å². The summed E-state index contributed by atoms with van der Waals surface area (Å²) in [6.07, 6.45) is 3.21. The summed E-state index contributed by atoms with van der Waals surface area (Å²) in [4.78, 5) is 26.9. The third kappa shape index (κ3) is 4.22. The lowest BCUT2D eigenvalue weighted by Crippen LogP contribution is -2.35. The summed E-state index contributed by atoms with van der Waals surface area (Å²) < 4.78 is 5.93. The Labute approximate surface area is 145 Å². The number of carbonyl (C=O) groups excluding carboxylic acids is 1. The van der Waals surface area contributed by atoms with Gasteiger partial charge in [0, 0.05) is 25.3 Å². The third-order valence-electron chi connectivity index (χ3n) is 4.34. The summed E-state index contributed by atoms with van der Waals surface area (Å²) in [5.41, 5.74) is 1.38. The predicted octanol–water partition coefficient (Wildman–Crippen LogP) is 2.68. The van der Waals surface area contributed by atoms with Crippen LogP contribution < -0.4 is 5.32 Å². The molecule has 0 radical (unpaired) electrons. The van der Waals surface area contributed by atoms with Gasteiger partial charge in [-0.1, -0.05) is 30.3 Å². The first-order chi connectivity index (χ1) is 12.1. The molecule has 2 aromatic rings. The molecule has 1 aliphatic heterocycles. The van der Waals surface area contributed by atoms with Crippen LogP contribution in [-0.4, -0.2) is 35.1 Å². The molecule has 1 amide bonds. The summed E-state index contributed by atoms with van der Waals surface area (Å²) in [5, 5.41) is 11.8. The number of ether oxygens (including phenoxy) is 1. The molecule has 130 valence electrons. The first kappa shape index (κ1) is 17.1. The average Bonchev–Trinajstić information content (AvgIpc) is 2.67. The smallest absolute Gasteiger partial charge is 0.354 e. The van der Waals surface area contributed by atoms with Crippen molar-refractivity contribution in [2.45, 2.75) is 18.9 Å². The number of nitrogens with zero attached hydrogens (tertiary/aromatic N) is 1. The molecule has 0 spiro atoms. The van der Waals surface area contributed by atoms with Gasteiger partial charge in [-0.2, -0.15) is 0 Å². The molecule has 6 nitrogen and oxygen atoms in total. The summed E-state index contributed by atoms with van der Waals surface area (Å²) in [7, 11) is 0. The zero-order valence-electron chi connectivity index (χ0n) is 13.7. The number of carboxylic acid groups (broad SMARTS) is 1. The van der Waals surface area contributed by atoms with Crippen LogP contribution >= 0.6 is 0 Å².